The molecule has 1 aromatic carbocycles. The standard InChI is InChI=1S/C15H17BrO/c1-15-8-2-3-12(15)14(13(16)9-15)10-4-6-11(17)7-5-10/h4-7,9,12,14,17H,2-3,8H2,1H3. The lowest BCUT2D eigenvalue weighted by atomic mass is 9.77. The van der Waals surface area contributed by atoms with Gasteiger partial charge in [-0.15, -0.1) is 0 Å². The molecule has 3 unspecified atom stereocenters. The minimum atomic E-state index is 0.348. The summed E-state index contributed by atoms with van der Waals surface area (Å²) in [6.07, 6.45) is 6.38. The van der Waals surface area contributed by atoms with Crippen molar-refractivity contribution in [3.05, 3.63) is 40.4 Å². The van der Waals surface area contributed by atoms with Gasteiger partial charge in [-0.3, -0.25) is 0 Å². The number of rotatable bonds is 1. The van der Waals surface area contributed by atoms with Crippen LogP contribution in [0.1, 0.15) is 37.7 Å². The highest BCUT2D eigenvalue weighted by Gasteiger charge is 2.47. The predicted octanol–water partition coefficient (Wildman–Crippen LogP) is 4.57. The van der Waals surface area contributed by atoms with Crippen molar-refractivity contribution in [1.82, 2.24) is 0 Å². The van der Waals surface area contributed by atoms with Crippen LogP contribution in [0.5, 0.6) is 5.75 Å². The fourth-order valence-corrected chi connectivity index (χ4v) is 4.72. The Hall–Kier alpha value is -0.760. The smallest absolute Gasteiger partial charge is 0.115 e. The summed E-state index contributed by atoms with van der Waals surface area (Å²) in [5, 5.41) is 9.38. The Morgan fingerprint density at radius 3 is 2.71 bits per heavy atom. The highest BCUT2D eigenvalue weighted by Crippen LogP contribution is 2.59. The summed E-state index contributed by atoms with van der Waals surface area (Å²) >= 11 is 3.75. The van der Waals surface area contributed by atoms with Gasteiger partial charge in [-0.2, -0.15) is 0 Å². The molecule has 0 heterocycles. The van der Waals surface area contributed by atoms with Crippen LogP contribution in [0.2, 0.25) is 0 Å². The molecule has 1 nitrogen and oxygen atoms in total. The zero-order valence-electron chi connectivity index (χ0n) is 9.99. The molecule has 3 atom stereocenters. The lowest BCUT2D eigenvalue weighted by Crippen LogP contribution is -2.19. The molecule has 0 aliphatic heterocycles. The Bertz CT molecular complexity index is 462. The lowest BCUT2D eigenvalue weighted by molar-refractivity contribution is 0.310. The quantitative estimate of drug-likeness (QED) is 0.804. The Morgan fingerprint density at radius 1 is 1.29 bits per heavy atom. The van der Waals surface area contributed by atoms with Gasteiger partial charge in [-0.25, -0.2) is 0 Å². The second kappa shape index (κ2) is 3.88. The zero-order valence-corrected chi connectivity index (χ0v) is 11.6. The van der Waals surface area contributed by atoms with Crippen LogP contribution in [-0.2, 0) is 0 Å². The number of hydrogen-bond acceptors (Lipinski definition) is 1. The predicted molar refractivity (Wildman–Crippen MR) is 73.3 cm³/mol. The van der Waals surface area contributed by atoms with Gasteiger partial charge in [-0.05, 0) is 46.4 Å². The topological polar surface area (TPSA) is 20.2 Å². The Labute approximate surface area is 111 Å². The first-order chi connectivity index (χ1) is 8.10. The van der Waals surface area contributed by atoms with E-state index in [1.807, 2.05) is 0 Å². The van der Waals surface area contributed by atoms with Gasteiger partial charge in [0, 0.05) is 5.92 Å². The normalized spacial score (nSPS) is 35.8. The van der Waals surface area contributed by atoms with E-state index in [0.717, 1.165) is 5.92 Å². The van der Waals surface area contributed by atoms with Crippen molar-refractivity contribution < 1.29 is 5.11 Å². The number of halogens is 1. The van der Waals surface area contributed by atoms with E-state index in [0.29, 0.717) is 17.1 Å². The summed E-state index contributed by atoms with van der Waals surface area (Å²) in [4.78, 5) is 0. The van der Waals surface area contributed by atoms with Crippen LogP contribution in [0.15, 0.2) is 34.8 Å². The van der Waals surface area contributed by atoms with Crippen LogP contribution in [-0.4, -0.2) is 5.11 Å². The molecule has 0 saturated heterocycles. The van der Waals surface area contributed by atoms with E-state index < -0.39 is 0 Å². The van der Waals surface area contributed by atoms with Gasteiger partial charge >= 0.3 is 0 Å². The molecule has 0 amide bonds. The van der Waals surface area contributed by atoms with Crippen molar-refractivity contribution in [2.24, 2.45) is 11.3 Å². The molecule has 0 radical (unpaired) electrons. The Balaban J connectivity index is 1.99. The third kappa shape index (κ3) is 1.74. The van der Waals surface area contributed by atoms with Crippen LogP contribution in [0, 0.1) is 11.3 Å². The Kier molecular flexibility index (Phi) is 2.58. The maximum absolute atomic E-state index is 9.38. The molecule has 2 heteroatoms. The molecule has 1 aromatic rings. The molecule has 2 aliphatic rings. The van der Waals surface area contributed by atoms with Crippen LogP contribution < -0.4 is 0 Å². The van der Waals surface area contributed by atoms with Crippen molar-refractivity contribution in [2.45, 2.75) is 32.1 Å². The summed E-state index contributed by atoms with van der Waals surface area (Å²) in [6, 6.07) is 7.69. The Morgan fingerprint density at radius 2 is 2.00 bits per heavy atom. The number of benzene rings is 1. The summed E-state index contributed by atoms with van der Waals surface area (Å²) in [7, 11) is 0. The van der Waals surface area contributed by atoms with E-state index >= 15 is 0 Å². The first-order valence-electron chi connectivity index (χ1n) is 6.27. The fourth-order valence-electron chi connectivity index (χ4n) is 3.61. The van der Waals surface area contributed by atoms with Crippen molar-refractivity contribution in [1.29, 1.82) is 0 Å². The van der Waals surface area contributed by atoms with E-state index in [-0.39, 0.29) is 0 Å². The maximum atomic E-state index is 9.38. The van der Waals surface area contributed by atoms with Gasteiger partial charge in [0.2, 0.25) is 0 Å². The van der Waals surface area contributed by atoms with Gasteiger partial charge in [0.25, 0.3) is 0 Å². The number of hydrogen-bond donors (Lipinski definition) is 1. The third-order valence-electron chi connectivity index (χ3n) is 4.50. The second-order valence-electron chi connectivity index (χ2n) is 5.60. The molecule has 1 saturated carbocycles. The molecular formula is C15H17BrO. The van der Waals surface area contributed by atoms with Crippen molar-refractivity contribution in [2.75, 3.05) is 0 Å². The average molecular weight is 293 g/mol. The van der Waals surface area contributed by atoms with Crippen LogP contribution in [0.4, 0.5) is 0 Å². The summed E-state index contributed by atoms with van der Waals surface area (Å²) < 4.78 is 1.33. The van der Waals surface area contributed by atoms with E-state index in [1.165, 1.54) is 29.3 Å². The van der Waals surface area contributed by atoms with Crippen molar-refractivity contribution in [3.8, 4) is 5.75 Å². The SMILES string of the molecule is CC12C=C(Br)C(c3ccc(O)cc3)C1CCC2. The minimum absolute atomic E-state index is 0.348. The van der Waals surface area contributed by atoms with E-state index in [9.17, 15) is 5.11 Å². The first-order valence-corrected chi connectivity index (χ1v) is 7.07. The number of phenolic OH excluding ortho intramolecular Hbond substituents is 1. The highest BCUT2D eigenvalue weighted by molar-refractivity contribution is 9.11. The van der Waals surface area contributed by atoms with Gasteiger partial charge in [0.05, 0.1) is 0 Å². The van der Waals surface area contributed by atoms with Gasteiger partial charge < -0.3 is 5.11 Å². The van der Waals surface area contributed by atoms with Crippen LogP contribution in [0.3, 0.4) is 0 Å². The van der Waals surface area contributed by atoms with Gasteiger partial charge in [0.15, 0.2) is 0 Å². The average Bonchev–Trinajstić information content (AvgIpc) is 2.73. The molecule has 1 fully saturated rings. The monoisotopic (exact) mass is 292 g/mol. The van der Waals surface area contributed by atoms with Gasteiger partial charge in [-0.1, -0.05) is 47.5 Å². The van der Waals surface area contributed by atoms with E-state index in [4.69, 9.17) is 0 Å². The van der Waals surface area contributed by atoms with Crippen LogP contribution in [0.25, 0.3) is 0 Å². The largest absolute Gasteiger partial charge is 0.508 e. The number of aromatic hydroxyl groups is 1. The molecule has 3 rings (SSSR count). The number of fused-ring (bicyclic) bond motifs is 1. The van der Waals surface area contributed by atoms with Crippen LogP contribution >= 0.6 is 15.9 Å². The fraction of sp³-hybridized carbons (Fsp3) is 0.467. The van der Waals surface area contributed by atoms with E-state index in [2.05, 4.69) is 41.1 Å². The molecule has 1 N–H and O–H groups in total. The maximum Gasteiger partial charge on any atom is 0.115 e. The molecular weight excluding hydrogens is 276 g/mol. The minimum Gasteiger partial charge on any atom is -0.508 e. The molecule has 90 valence electrons. The summed E-state index contributed by atoms with van der Waals surface area (Å²) in [6.45, 7) is 2.38. The highest BCUT2D eigenvalue weighted by atomic mass is 79.9. The molecule has 0 aromatic heterocycles. The lowest BCUT2D eigenvalue weighted by Gasteiger charge is -2.27. The van der Waals surface area contributed by atoms with Crippen molar-refractivity contribution in [3.63, 3.8) is 0 Å². The van der Waals surface area contributed by atoms with Crippen molar-refractivity contribution >= 4 is 15.9 Å². The molecule has 0 spiro atoms. The number of phenols is 1. The first kappa shape index (κ1) is 11.3. The number of allylic oxidation sites excluding steroid dienone is 2. The molecule has 17 heavy (non-hydrogen) atoms. The molecule has 0 bridgehead atoms. The second-order valence-corrected chi connectivity index (χ2v) is 6.52. The summed E-state index contributed by atoms with van der Waals surface area (Å²) in [5.41, 5.74) is 1.70. The third-order valence-corrected chi connectivity index (χ3v) is 5.22. The molecule has 2 aliphatic carbocycles. The summed E-state index contributed by atoms with van der Waals surface area (Å²) in [5.74, 6) is 1.56. The van der Waals surface area contributed by atoms with E-state index in [1.54, 1.807) is 12.1 Å². The van der Waals surface area contributed by atoms with Gasteiger partial charge in [0.1, 0.15) is 5.75 Å². The zero-order chi connectivity index (χ0) is 12.0.